The van der Waals surface area contributed by atoms with Gasteiger partial charge in [0, 0.05) is 19.0 Å². The number of hydrogen-bond acceptors (Lipinski definition) is 6. The SMILES string of the molecule is CCN1CCc2cc(OC)c(OC)cc2C(c2ccc(OC)cc2)C(C(=O)OC)C1. The fourth-order valence-corrected chi connectivity index (χ4v) is 4.29. The molecular weight excluding hydrogens is 382 g/mol. The van der Waals surface area contributed by atoms with E-state index in [1.807, 2.05) is 36.4 Å². The van der Waals surface area contributed by atoms with E-state index in [1.54, 1.807) is 21.3 Å². The highest BCUT2D eigenvalue weighted by atomic mass is 16.5. The zero-order valence-corrected chi connectivity index (χ0v) is 18.4. The van der Waals surface area contributed by atoms with Gasteiger partial charge < -0.3 is 23.8 Å². The number of nitrogens with zero attached hydrogens (tertiary/aromatic N) is 1. The van der Waals surface area contributed by atoms with Gasteiger partial charge in [-0.25, -0.2) is 0 Å². The van der Waals surface area contributed by atoms with Crippen LogP contribution in [0.3, 0.4) is 0 Å². The molecule has 2 atom stereocenters. The van der Waals surface area contributed by atoms with Gasteiger partial charge in [0.15, 0.2) is 11.5 Å². The van der Waals surface area contributed by atoms with Crippen molar-refractivity contribution in [2.75, 3.05) is 48.1 Å². The summed E-state index contributed by atoms with van der Waals surface area (Å²) in [6.45, 7) is 4.48. The van der Waals surface area contributed by atoms with Gasteiger partial charge in [0.05, 0.1) is 34.4 Å². The van der Waals surface area contributed by atoms with Gasteiger partial charge in [0.1, 0.15) is 5.75 Å². The maximum absolute atomic E-state index is 13.0. The molecular formula is C24H31NO5. The Balaban J connectivity index is 2.23. The van der Waals surface area contributed by atoms with Crippen LogP contribution in [-0.4, -0.2) is 58.9 Å². The van der Waals surface area contributed by atoms with Crippen LogP contribution in [-0.2, 0) is 16.0 Å². The van der Waals surface area contributed by atoms with Gasteiger partial charge in [-0.1, -0.05) is 19.1 Å². The third-order valence-electron chi connectivity index (χ3n) is 5.96. The summed E-state index contributed by atoms with van der Waals surface area (Å²) in [5, 5.41) is 0. The van der Waals surface area contributed by atoms with Crippen molar-refractivity contribution in [2.45, 2.75) is 19.3 Å². The number of fused-ring (bicyclic) bond motifs is 1. The lowest BCUT2D eigenvalue weighted by Crippen LogP contribution is -2.40. The molecule has 1 aliphatic heterocycles. The summed E-state index contributed by atoms with van der Waals surface area (Å²) >= 11 is 0. The number of methoxy groups -OCH3 is 4. The first-order chi connectivity index (χ1) is 14.6. The van der Waals surface area contributed by atoms with E-state index in [2.05, 4.69) is 11.8 Å². The first kappa shape index (κ1) is 22.0. The second-order valence-corrected chi connectivity index (χ2v) is 7.43. The first-order valence-corrected chi connectivity index (χ1v) is 10.2. The largest absolute Gasteiger partial charge is 0.497 e. The maximum atomic E-state index is 13.0. The highest BCUT2D eigenvalue weighted by Crippen LogP contribution is 2.42. The average molecular weight is 414 g/mol. The molecule has 3 rings (SSSR count). The van der Waals surface area contributed by atoms with Gasteiger partial charge in [0.25, 0.3) is 0 Å². The van der Waals surface area contributed by atoms with Crippen LogP contribution >= 0.6 is 0 Å². The maximum Gasteiger partial charge on any atom is 0.310 e. The molecule has 0 saturated carbocycles. The van der Waals surface area contributed by atoms with Crippen LogP contribution in [0.25, 0.3) is 0 Å². The number of benzene rings is 2. The highest BCUT2D eigenvalue weighted by molar-refractivity contribution is 5.75. The molecule has 0 spiro atoms. The van der Waals surface area contributed by atoms with Gasteiger partial charge in [-0.05, 0) is 53.9 Å². The number of hydrogen-bond donors (Lipinski definition) is 0. The Labute approximate surface area is 178 Å². The summed E-state index contributed by atoms with van der Waals surface area (Å²) < 4.78 is 21.7. The van der Waals surface area contributed by atoms with E-state index in [1.165, 1.54) is 7.11 Å². The molecule has 2 aromatic rings. The summed E-state index contributed by atoms with van der Waals surface area (Å²) in [5.41, 5.74) is 3.27. The van der Waals surface area contributed by atoms with E-state index < -0.39 is 0 Å². The van der Waals surface area contributed by atoms with Gasteiger partial charge in [0.2, 0.25) is 0 Å². The normalized spacial score (nSPS) is 19.2. The van der Waals surface area contributed by atoms with Crippen LogP contribution in [0.2, 0.25) is 0 Å². The minimum absolute atomic E-state index is 0.174. The zero-order chi connectivity index (χ0) is 21.7. The van der Waals surface area contributed by atoms with Gasteiger partial charge in [-0.3, -0.25) is 4.79 Å². The molecule has 0 aromatic heterocycles. The number of likely N-dealkylation sites (N-methyl/N-ethyl adjacent to an activating group) is 1. The number of esters is 1. The monoisotopic (exact) mass is 413 g/mol. The third kappa shape index (κ3) is 4.38. The van der Waals surface area contributed by atoms with Crippen molar-refractivity contribution in [2.24, 2.45) is 5.92 Å². The zero-order valence-electron chi connectivity index (χ0n) is 18.4. The van der Waals surface area contributed by atoms with E-state index in [-0.39, 0.29) is 17.8 Å². The Morgan fingerprint density at radius 3 is 2.23 bits per heavy atom. The molecule has 1 heterocycles. The highest BCUT2D eigenvalue weighted by Gasteiger charge is 2.36. The second kappa shape index (κ2) is 9.85. The Hall–Kier alpha value is -2.73. The van der Waals surface area contributed by atoms with Crippen LogP contribution in [0.1, 0.15) is 29.5 Å². The van der Waals surface area contributed by atoms with Gasteiger partial charge in [-0.15, -0.1) is 0 Å². The summed E-state index contributed by atoms with van der Waals surface area (Å²) in [5.74, 6) is 1.40. The molecule has 2 unspecified atom stereocenters. The quantitative estimate of drug-likeness (QED) is 0.676. The second-order valence-electron chi connectivity index (χ2n) is 7.43. The molecule has 0 saturated heterocycles. The van der Waals surface area contributed by atoms with Crippen molar-refractivity contribution in [3.8, 4) is 17.2 Å². The van der Waals surface area contributed by atoms with Crippen molar-refractivity contribution < 1.29 is 23.7 Å². The molecule has 162 valence electrons. The third-order valence-corrected chi connectivity index (χ3v) is 5.96. The van der Waals surface area contributed by atoms with Crippen LogP contribution in [0.5, 0.6) is 17.2 Å². The predicted octanol–water partition coefficient (Wildman–Crippen LogP) is 3.51. The minimum atomic E-state index is -0.347. The summed E-state index contributed by atoms with van der Waals surface area (Å²) in [7, 11) is 6.38. The van der Waals surface area contributed by atoms with E-state index in [9.17, 15) is 4.79 Å². The molecule has 6 heteroatoms. The van der Waals surface area contributed by atoms with Crippen LogP contribution in [0.4, 0.5) is 0 Å². The van der Waals surface area contributed by atoms with Crippen LogP contribution in [0, 0.1) is 5.92 Å². The van der Waals surface area contributed by atoms with Gasteiger partial charge >= 0.3 is 5.97 Å². The van der Waals surface area contributed by atoms with Crippen LogP contribution < -0.4 is 14.2 Å². The Kier molecular flexibility index (Phi) is 7.21. The topological polar surface area (TPSA) is 57.2 Å². The number of rotatable bonds is 6. The lowest BCUT2D eigenvalue weighted by molar-refractivity contribution is -0.146. The van der Waals surface area contributed by atoms with Crippen molar-refractivity contribution in [1.29, 1.82) is 0 Å². The van der Waals surface area contributed by atoms with E-state index >= 15 is 0 Å². The van der Waals surface area contributed by atoms with Crippen molar-refractivity contribution in [1.82, 2.24) is 4.90 Å². The van der Waals surface area contributed by atoms with Crippen molar-refractivity contribution in [3.05, 3.63) is 53.1 Å². The molecule has 1 aliphatic rings. The van der Waals surface area contributed by atoms with E-state index in [0.717, 1.165) is 42.0 Å². The molecule has 0 fully saturated rings. The van der Waals surface area contributed by atoms with E-state index in [0.29, 0.717) is 18.0 Å². The number of ether oxygens (including phenoxy) is 4. The number of carbonyl (C=O) groups is 1. The van der Waals surface area contributed by atoms with Crippen molar-refractivity contribution in [3.63, 3.8) is 0 Å². The molecule has 30 heavy (non-hydrogen) atoms. The Bertz CT molecular complexity index is 865. The van der Waals surface area contributed by atoms with Crippen molar-refractivity contribution >= 4 is 5.97 Å². The molecule has 2 aromatic carbocycles. The smallest absolute Gasteiger partial charge is 0.310 e. The Morgan fingerprint density at radius 1 is 1.00 bits per heavy atom. The summed E-state index contributed by atoms with van der Waals surface area (Å²) in [6.07, 6.45) is 0.865. The number of carbonyl (C=O) groups excluding carboxylic acids is 1. The molecule has 0 radical (unpaired) electrons. The lowest BCUT2D eigenvalue weighted by atomic mass is 9.76. The molecule has 0 aliphatic carbocycles. The first-order valence-electron chi connectivity index (χ1n) is 10.2. The van der Waals surface area contributed by atoms with Crippen LogP contribution in [0.15, 0.2) is 36.4 Å². The predicted molar refractivity (Wildman–Crippen MR) is 116 cm³/mol. The fourth-order valence-electron chi connectivity index (χ4n) is 4.29. The molecule has 0 N–H and O–H groups in total. The standard InChI is InChI=1S/C24H31NO5/c1-6-25-12-11-17-13-21(28-3)22(29-4)14-19(17)23(20(15-25)24(26)30-5)16-7-9-18(27-2)10-8-16/h7-10,13-14,20,23H,6,11-12,15H2,1-5H3. The lowest BCUT2D eigenvalue weighted by Gasteiger charge is -2.35. The Morgan fingerprint density at radius 2 is 1.67 bits per heavy atom. The molecule has 0 bridgehead atoms. The summed E-state index contributed by atoms with van der Waals surface area (Å²) in [4.78, 5) is 15.3. The molecule has 0 amide bonds. The molecule has 6 nitrogen and oxygen atoms in total. The fraction of sp³-hybridized carbons (Fsp3) is 0.458. The van der Waals surface area contributed by atoms with Gasteiger partial charge in [-0.2, -0.15) is 0 Å². The van der Waals surface area contributed by atoms with E-state index in [4.69, 9.17) is 18.9 Å². The minimum Gasteiger partial charge on any atom is -0.497 e. The summed E-state index contributed by atoms with van der Waals surface area (Å²) in [6, 6.07) is 12.0. The average Bonchev–Trinajstić information content (AvgIpc) is 2.79.